The van der Waals surface area contributed by atoms with Crippen molar-refractivity contribution in [1.82, 2.24) is 5.32 Å². The Morgan fingerprint density at radius 3 is 2.81 bits per heavy atom. The highest BCUT2D eigenvalue weighted by Gasteiger charge is 2.04. The van der Waals surface area contributed by atoms with Gasteiger partial charge in [-0.2, -0.15) is 0 Å². The van der Waals surface area contributed by atoms with E-state index in [0.717, 1.165) is 25.6 Å². The van der Waals surface area contributed by atoms with E-state index in [-0.39, 0.29) is 0 Å². The molecule has 0 bridgehead atoms. The van der Waals surface area contributed by atoms with Gasteiger partial charge < -0.3 is 5.32 Å². The highest BCUT2D eigenvalue weighted by Crippen LogP contribution is 2.12. The Hall–Kier alpha value is -1.22. The summed E-state index contributed by atoms with van der Waals surface area (Å²) in [5.74, 6) is -1.52. The molecule has 0 saturated heterocycles. The fraction of sp³-hybridized carbons (Fsp3) is 0.385. The van der Waals surface area contributed by atoms with Crippen molar-refractivity contribution in [3.8, 4) is 0 Å². The summed E-state index contributed by atoms with van der Waals surface area (Å²) >= 11 is 0. The van der Waals surface area contributed by atoms with Crippen LogP contribution in [0.15, 0.2) is 30.4 Å². The van der Waals surface area contributed by atoms with Gasteiger partial charge in [0, 0.05) is 0 Å². The molecule has 1 N–H and O–H groups in total. The zero-order chi connectivity index (χ0) is 11.8. The summed E-state index contributed by atoms with van der Waals surface area (Å²) in [7, 11) is 0. The summed E-state index contributed by atoms with van der Waals surface area (Å²) in [6, 6.07) is 4.26. The van der Waals surface area contributed by atoms with Crippen LogP contribution >= 0.6 is 0 Å². The third-order valence-electron chi connectivity index (χ3n) is 2.27. The number of benzene rings is 1. The van der Waals surface area contributed by atoms with Crippen molar-refractivity contribution in [3.05, 3.63) is 47.5 Å². The van der Waals surface area contributed by atoms with Crippen LogP contribution in [0.3, 0.4) is 0 Å². The number of allylic oxidation sites excluding steroid dienone is 1. The molecule has 0 atom stereocenters. The Bertz CT molecular complexity index is 348. The Balaban J connectivity index is 2.39. The van der Waals surface area contributed by atoms with Crippen molar-refractivity contribution in [1.29, 1.82) is 0 Å². The smallest absolute Gasteiger partial charge is 0.162 e. The third kappa shape index (κ3) is 4.11. The largest absolute Gasteiger partial charge is 0.317 e. The predicted molar refractivity (Wildman–Crippen MR) is 62.4 cm³/mol. The molecule has 0 heterocycles. The summed E-state index contributed by atoms with van der Waals surface area (Å²) in [6.45, 7) is 3.91. The van der Waals surface area contributed by atoms with Gasteiger partial charge in [-0.15, -0.1) is 0 Å². The van der Waals surface area contributed by atoms with Crippen LogP contribution in [-0.2, 0) is 6.42 Å². The first-order valence-corrected chi connectivity index (χ1v) is 5.54. The Kier molecular flexibility index (Phi) is 5.72. The first-order valence-electron chi connectivity index (χ1n) is 5.54. The van der Waals surface area contributed by atoms with E-state index in [4.69, 9.17) is 0 Å². The van der Waals surface area contributed by atoms with Gasteiger partial charge in [-0.25, -0.2) is 8.78 Å². The normalized spacial score (nSPS) is 11.2. The lowest BCUT2D eigenvalue weighted by atomic mass is 10.1. The van der Waals surface area contributed by atoms with E-state index >= 15 is 0 Å². The maximum absolute atomic E-state index is 13.2. The second kappa shape index (κ2) is 7.12. The Morgan fingerprint density at radius 2 is 2.06 bits per heavy atom. The van der Waals surface area contributed by atoms with E-state index in [9.17, 15) is 8.78 Å². The lowest BCUT2D eigenvalue weighted by Gasteiger charge is -2.00. The van der Waals surface area contributed by atoms with Gasteiger partial charge >= 0.3 is 0 Å². The quantitative estimate of drug-likeness (QED) is 0.579. The Labute approximate surface area is 95.2 Å². The van der Waals surface area contributed by atoms with Crippen LogP contribution in [0.5, 0.6) is 0 Å². The van der Waals surface area contributed by atoms with Crippen molar-refractivity contribution < 1.29 is 8.78 Å². The minimum atomic E-state index is -0.779. The summed E-state index contributed by atoms with van der Waals surface area (Å²) in [5, 5.41) is 3.18. The van der Waals surface area contributed by atoms with Gasteiger partial charge in [-0.3, -0.25) is 0 Å². The molecule has 0 spiro atoms. The summed E-state index contributed by atoms with van der Waals surface area (Å²) in [5.41, 5.74) is 0.403. The van der Waals surface area contributed by atoms with Gasteiger partial charge in [-0.05, 0) is 37.6 Å². The molecule has 0 aliphatic rings. The van der Waals surface area contributed by atoms with Gasteiger partial charge in [0.1, 0.15) is 0 Å². The molecular formula is C13H17F2N. The molecule has 0 aliphatic carbocycles. The molecule has 0 saturated carbocycles. The van der Waals surface area contributed by atoms with E-state index < -0.39 is 11.6 Å². The molecule has 0 unspecified atom stereocenters. The van der Waals surface area contributed by atoms with E-state index in [2.05, 4.69) is 5.32 Å². The molecule has 1 nitrogen and oxygen atoms in total. The van der Waals surface area contributed by atoms with Crippen LogP contribution < -0.4 is 5.32 Å². The van der Waals surface area contributed by atoms with Gasteiger partial charge in [0.15, 0.2) is 11.6 Å². The number of hydrogen-bond donors (Lipinski definition) is 1. The maximum Gasteiger partial charge on any atom is 0.162 e. The fourth-order valence-electron chi connectivity index (χ4n) is 1.40. The van der Waals surface area contributed by atoms with Crippen LogP contribution in [-0.4, -0.2) is 13.1 Å². The molecule has 88 valence electrons. The van der Waals surface area contributed by atoms with Crippen molar-refractivity contribution in [3.63, 3.8) is 0 Å². The highest BCUT2D eigenvalue weighted by molar-refractivity contribution is 5.21. The van der Waals surface area contributed by atoms with Crippen LogP contribution in [0.1, 0.15) is 18.9 Å². The van der Waals surface area contributed by atoms with Crippen LogP contribution in [0, 0.1) is 11.6 Å². The summed E-state index contributed by atoms with van der Waals surface area (Å²) in [4.78, 5) is 0. The van der Waals surface area contributed by atoms with Gasteiger partial charge in [-0.1, -0.05) is 31.2 Å². The molecule has 0 aliphatic heterocycles. The average molecular weight is 225 g/mol. The van der Waals surface area contributed by atoms with E-state index in [1.54, 1.807) is 6.07 Å². The van der Waals surface area contributed by atoms with Gasteiger partial charge in [0.25, 0.3) is 0 Å². The summed E-state index contributed by atoms with van der Waals surface area (Å²) in [6.07, 6.45) is 5.20. The molecule has 0 aromatic heterocycles. The molecular weight excluding hydrogens is 208 g/mol. The first-order chi connectivity index (χ1) is 7.75. The zero-order valence-electron chi connectivity index (χ0n) is 9.47. The highest BCUT2D eigenvalue weighted by atomic mass is 19.2. The molecule has 1 rings (SSSR count). The SMILES string of the molecule is CCNCCC=CCc1cccc(F)c1F. The lowest BCUT2D eigenvalue weighted by Crippen LogP contribution is -2.12. The van der Waals surface area contributed by atoms with E-state index in [1.807, 2.05) is 19.1 Å². The summed E-state index contributed by atoms with van der Waals surface area (Å²) < 4.78 is 26.1. The number of hydrogen-bond acceptors (Lipinski definition) is 1. The van der Waals surface area contributed by atoms with Crippen molar-refractivity contribution in [2.24, 2.45) is 0 Å². The van der Waals surface area contributed by atoms with E-state index in [0.29, 0.717) is 12.0 Å². The van der Waals surface area contributed by atoms with Gasteiger partial charge in [0.05, 0.1) is 0 Å². The molecule has 1 aromatic carbocycles. The minimum Gasteiger partial charge on any atom is -0.317 e. The Morgan fingerprint density at radius 1 is 1.25 bits per heavy atom. The standard InChI is InChI=1S/C13H17F2N/c1-2-16-10-5-3-4-7-11-8-6-9-12(14)13(11)15/h3-4,6,8-9,16H,2,5,7,10H2,1H3. The fourth-order valence-corrected chi connectivity index (χ4v) is 1.40. The molecule has 16 heavy (non-hydrogen) atoms. The maximum atomic E-state index is 13.2. The molecule has 3 heteroatoms. The van der Waals surface area contributed by atoms with E-state index in [1.165, 1.54) is 6.07 Å². The molecule has 1 aromatic rings. The third-order valence-corrected chi connectivity index (χ3v) is 2.27. The average Bonchev–Trinajstić information content (AvgIpc) is 2.29. The minimum absolute atomic E-state index is 0.403. The number of rotatable bonds is 6. The predicted octanol–water partition coefficient (Wildman–Crippen LogP) is 3.06. The molecule has 0 fully saturated rings. The van der Waals surface area contributed by atoms with Crippen LogP contribution in [0.2, 0.25) is 0 Å². The first kappa shape index (κ1) is 12.8. The zero-order valence-corrected chi connectivity index (χ0v) is 9.47. The second-order valence-corrected chi connectivity index (χ2v) is 3.53. The lowest BCUT2D eigenvalue weighted by molar-refractivity contribution is 0.501. The van der Waals surface area contributed by atoms with Crippen molar-refractivity contribution in [2.75, 3.05) is 13.1 Å². The van der Waals surface area contributed by atoms with Crippen LogP contribution in [0.25, 0.3) is 0 Å². The monoisotopic (exact) mass is 225 g/mol. The molecule has 0 amide bonds. The molecule has 0 radical (unpaired) electrons. The van der Waals surface area contributed by atoms with Crippen LogP contribution in [0.4, 0.5) is 8.78 Å². The topological polar surface area (TPSA) is 12.0 Å². The van der Waals surface area contributed by atoms with Crippen molar-refractivity contribution in [2.45, 2.75) is 19.8 Å². The number of halogens is 2. The van der Waals surface area contributed by atoms with Crippen molar-refractivity contribution >= 4 is 0 Å². The van der Waals surface area contributed by atoms with Gasteiger partial charge in [0.2, 0.25) is 0 Å². The second-order valence-electron chi connectivity index (χ2n) is 3.53. The number of nitrogens with one attached hydrogen (secondary N) is 1.